The molecule has 0 aromatic carbocycles. The van der Waals surface area contributed by atoms with E-state index >= 15 is 0 Å². The number of aromatic nitrogens is 2. The van der Waals surface area contributed by atoms with Gasteiger partial charge in [0.15, 0.2) is 0 Å². The minimum atomic E-state index is 0.337. The van der Waals surface area contributed by atoms with Gasteiger partial charge in [-0.2, -0.15) is 5.10 Å². The van der Waals surface area contributed by atoms with Crippen molar-refractivity contribution >= 4 is 5.69 Å². The van der Waals surface area contributed by atoms with Crippen molar-refractivity contribution in [1.29, 1.82) is 0 Å². The van der Waals surface area contributed by atoms with Gasteiger partial charge in [-0.15, -0.1) is 0 Å². The zero-order valence-corrected chi connectivity index (χ0v) is 6.94. The van der Waals surface area contributed by atoms with E-state index in [0.717, 1.165) is 19.6 Å². The molecule has 1 aromatic heterocycles. The number of nitrogens with zero attached hydrogens (tertiary/aromatic N) is 2. The highest BCUT2D eigenvalue weighted by Crippen LogP contribution is 2.13. The van der Waals surface area contributed by atoms with Gasteiger partial charge in [0.05, 0.1) is 24.5 Å². The minimum Gasteiger partial charge on any atom is -0.396 e. The van der Waals surface area contributed by atoms with Crippen molar-refractivity contribution in [2.45, 2.75) is 25.5 Å². The predicted octanol–water partition coefficient (Wildman–Crippen LogP) is 0.644. The molecule has 12 heavy (non-hydrogen) atoms. The van der Waals surface area contributed by atoms with Gasteiger partial charge in [0.25, 0.3) is 0 Å². The lowest BCUT2D eigenvalue weighted by molar-refractivity contribution is 0.0940. The summed E-state index contributed by atoms with van der Waals surface area (Å²) >= 11 is 0. The molecule has 0 radical (unpaired) electrons. The van der Waals surface area contributed by atoms with Crippen molar-refractivity contribution < 1.29 is 4.74 Å². The van der Waals surface area contributed by atoms with Crippen molar-refractivity contribution in [2.24, 2.45) is 0 Å². The number of hydrogen-bond donors (Lipinski definition) is 1. The fourth-order valence-electron chi connectivity index (χ4n) is 1.48. The van der Waals surface area contributed by atoms with E-state index in [0.29, 0.717) is 11.8 Å². The Hall–Kier alpha value is -1.03. The number of nitrogens with two attached hydrogens (primary N) is 1. The average Bonchev–Trinajstić information content (AvgIpc) is 2.63. The fraction of sp³-hybridized carbons (Fsp3) is 0.625. The molecule has 2 N–H and O–H groups in total. The summed E-state index contributed by atoms with van der Waals surface area (Å²) in [6.45, 7) is 1.72. The number of ether oxygens (including phenoxy) is 1. The summed E-state index contributed by atoms with van der Waals surface area (Å²) in [4.78, 5) is 0. The second kappa shape index (κ2) is 3.15. The molecule has 1 fully saturated rings. The smallest absolute Gasteiger partial charge is 0.0771 e. The molecule has 2 heterocycles. The molecule has 4 heteroatoms. The number of nitrogen functional groups attached to an aromatic ring is 1. The third kappa shape index (κ3) is 1.58. The number of hydrogen-bond acceptors (Lipinski definition) is 3. The van der Waals surface area contributed by atoms with Gasteiger partial charge in [0, 0.05) is 12.8 Å². The van der Waals surface area contributed by atoms with Crippen molar-refractivity contribution in [2.75, 3.05) is 12.3 Å². The van der Waals surface area contributed by atoms with Gasteiger partial charge in [0.2, 0.25) is 0 Å². The normalized spacial score (nSPS) is 23.2. The van der Waals surface area contributed by atoms with Crippen LogP contribution in [0.2, 0.25) is 0 Å². The van der Waals surface area contributed by atoms with Crippen LogP contribution in [0, 0.1) is 0 Å². The molecule has 1 aliphatic rings. The van der Waals surface area contributed by atoms with Crippen LogP contribution in [0.3, 0.4) is 0 Å². The second-order valence-electron chi connectivity index (χ2n) is 3.13. The van der Waals surface area contributed by atoms with E-state index in [9.17, 15) is 0 Å². The molecule has 4 nitrogen and oxygen atoms in total. The molecule has 0 bridgehead atoms. The van der Waals surface area contributed by atoms with Crippen molar-refractivity contribution in [1.82, 2.24) is 9.78 Å². The van der Waals surface area contributed by atoms with Crippen LogP contribution in [0.15, 0.2) is 12.4 Å². The van der Waals surface area contributed by atoms with Crippen molar-refractivity contribution in [3.8, 4) is 0 Å². The predicted molar refractivity (Wildman–Crippen MR) is 45.6 cm³/mol. The SMILES string of the molecule is Nc1cnn(CC2CCCO2)c1. The molecule has 66 valence electrons. The highest BCUT2D eigenvalue weighted by Gasteiger charge is 2.15. The number of anilines is 1. The number of rotatable bonds is 2. The van der Waals surface area contributed by atoms with E-state index in [1.165, 1.54) is 6.42 Å². The zero-order valence-electron chi connectivity index (χ0n) is 6.94. The van der Waals surface area contributed by atoms with E-state index in [4.69, 9.17) is 10.5 Å². The summed E-state index contributed by atoms with van der Waals surface area (Å²) in [7, 11) is 0. The van der Waals surface area contributed by atoms with Crippen LogP contribution >= 0.6 is 0 Å². The Morgan fingerprint density at radius 1 is 1.75 bits per heavy atom. The molecule has 1 aromatic rings. The third-order valence-electron chi connectivity index (χ3n) is 2.07. The first kappa shape index (κ1) is 7.61. The molecule has 1 unspecified atom stereocenters. The molecule has 1 atom stereocenters. The maximum atomic E-state index is 5.53. The van der Waals surface area contributed by atoms with E-state index in [-0.39, 0.29) is 0 Å². The summed E-state index contributed by atoms with van der Waals surface area (Å²) in [6, 6.07) is 0. The molecule has 2 rings (SSSR count). The lowest BCUT2D eigenvalue weighted by Gasteiger charge is -2.08. The van der Waals surface area contributed by atoms with Crippen LogP contribution in [-0.4, -0.2) is 22.5 Å². The Kier molecular flexibility index (Phi) is 1.99. The van der Waals surface area contributed by atoms with Gasteiger partial charge in [-0.1, -0.05) is 0 Å². The standard InChI is InChI=1S/C8H13N3O/c9-7-4-10-11(5-7)6-8-2-1-3-12-8/h4-5,8H,1-3,6,9H2. The van der Waals surface area contributed by atoms with Crippen LogP contribution in [0.25, 0.3) is 0 Å². The Morgan fingerprint density at radius 3 is 3.25 bits per heavy atom. The Morgan fingerprint density at radius 2 is 2.67 bits per heavy atom. The monoisotopic (exact) mass is 167 g/mol. The quantitative estimate of drug-likeness (QED) is 0.703. The second-order valence-corrected chi connectivity index (χ2v) is 3.13. The van der Waals surface area contributed by atoms with Crippen LogP contribution in [0.5, 0.6) is 0 Å². The zero-order chi connectivity index (χ0) is 8.39. The first-order chi connectivity index (χ1) is 5.84. The largest absolute Gasteiger partial charge is 0.396 e. The summed E-state index contributed by atoms with van der Waals surface area (Å²) in [5.41, 5.74) is 6.24. The van der Waals surface area contributed by atoms with Crippen LogP contribution in [0.4, 0.5) is 5.69 Å². The average molecular weight is 167 g/mol. The van der Waals surface area contributed by atoms with Gasteiger partial charge in [-0.05, 0) is 12.8 Å². The summed E-state index contributed by atoms with van der Waals surface area (Å²) in [5, 5.41) is 4.09. The maximum Gasteiger partial charge on any atom is 0.0771 e. The van der Waals surface area contributed by atoms with Gasteiger partial charge >= 0.3 is 0 Å². The summed E-state index contributed by atoms with van der Waals surface area (Å²) in [5.74, 6) is 0. The fourth-order valence-corrected chi connectivity index (χ4v) is 1.48. The van der Waals surface area contributed by atoms with Crippen LogP contribution in [0.1, 0.15) is 12.8 Å². The van der Waals surface area contributed by atoms with Crippen molar-refractivity contribution in [3.05, 3.63) is 12.4 Å². The molecule has 0 amide bonds. The van der Waals surface area contributed by atoms with E-state index in [1.54, 1.807) is 6.20 Å². The van der Waals surface area contributed by atoms with Gasteiger partial charge in [0.1, 0.15) is 0 Å². The maximum absolute atomic E-state index is 5.53. The van der Waals surface area contributed by atoms with Gasteiger partial charge in [-0.25, -0.2) is 0 Å². The summed E-state index contributed by atoms with van der Waals surface area (Å²) in [6.07, 6.45) is 6.14. The lowest BCUT2D eigenvalue weighted by Crippen LogP contribution is -2.15. The van der Waals surface area contributed by atoms with E-state index in [2.05, 4.69) is 5.10 Å². The van der Waals surface area contributed by atoms with Crippen LogP contribution in [-0.2, 0) is 11.3 Å². The molecule has 1 saturated heterocycles. The Labute approximate surface area is 71.3 Å². The third-order valence-corrected chi connectivity index (χ3v) is 2.07. The molecular weight excluding hydrogens is 154 g/mol. The minimum absolute atomic E-state index is 0.337. The highest BCUT2D eigenvalue weighted by atomic mass is 16.5. The molecule has 1 aliphatic heterocycles. The molecule has 0 aliphatic carbocycles. The molecule has 0 spiro atoms. The topological polar surface area (TPSA) is 53.1 Å². The van der Waals surface area contributed by atoms with Crippen LogP contribution < -0.4 is 5.73 Å². The van der Waals surface area contributed by atoms with Gasteiger partial charge < -0.3 is 10.5 Å². The summed E-state index contributed by atoms with van der Waals surface area (Å²) < 4.78 is 7.30. The first-order valence-electron chi connectivity index (χ1n) is 4.24. The molecule has 0 saturated carbocycles. The highest BCUT2D eigenvalue weighted by molar-refractivity contribution is 5.30. The Bertz CT molecular complexity index is 253. The van der Waals surface area contributed by atoms with E-state index in [1.807, 2.05) is 10.9 Å². The van der Waals surface area contributed by atoms with Crippen molar-refractivity contribution in [3.63, 3.8) is 0 Å². The molecular formula is C8H13N3O. The lowest BCUT2D eigenvalue weighted by atomic mass is 10.2. The first-order valence-corrected chi connectivity index (χ1v) is 4.24. The van der Waals surface area contributed by atoms with E-state index < -0.39 is 0 Å². The van der Waals surface area contributed by atoms with Gasteiger partial charge in [-0.3, -0.25) is 4.68 Å². The Balaban J connectivity index is 1.94.